The number of nitro groups is 1. The molecule has 7 heteroatoms. The Morgan fingerprint density at radius 1 is 1.37 bits per heavy atom. The van der Waals surface area contributed by atoms with Crippen LogP contribution in [0.3, 0.4) is 0 Å². The molecule has 5 nitrogen and oxygen atoms in total. The van der Waals surface area contributed by atoms with Crippen LogP contribution in [0.25, 0.3) is 0 Å². The van der Waals surface area contributed by atoms with Crippen LogP contribution in [0.1, 0.15) is 12.0 Å². The van der Waals surface area contributed by atoms with Crippen LogP contribution in [0.2, 0.25) is 0 Å². The number of halogens is 2. The summed E-state index contributed by atoms with van der Waals surface area (Å²) in [5.74, 6) is 0.822. The van der Waals surface area contributed by atoms with Crippen LogP contribution < -0.4 is 9.47 Å². The van der Waals surface area contributed by atoms with Gasteiger partial charge in [-0.15, -0.1) is 23.2 Å². The quantitative estimate of drug-likeness (QED) is 0.475. The normalized spacial score (nSPS) is 19.9. The van der Waals surface area contributed by atoms with E-state index in [-0.39, 0.29) is 11.6 Å². The molecular weight excluding hydrogens is 293 g/mol. The number of nitro benzene ring substituents is 1. The molecule has 0 aliphatic heterocycles. The van der Waals surface area contributed by atoms with Gasteiger partial charge in [-0.25, -0.2) is 0 Å². The zero-order valence-corrected chi connectivity index (χ0v) is 12.0. The molecule has 1 aliphatic rings. The molecule has 2 rings (SSSR count). The first kappa shape index (κ1) is 14.2. The summed E-state index contributed by atoms with van der Waals surface area (Å²) >= 11 is 11.9. The number of alkyl halides is 2. The maximum Gasteiger partial charge on any atom is 0.276 e. The van der Waals surface area contributed by atoms with E-state index >= 15 is 0 Å². The maximum atomic E-state index is 11.1. The second-order valence-corrected chi connectivity index (χ2v) is 6.00. The van der Waals surface area contributed by atoms with Crippen molar-refractivity contribution in [1.29, 1.82) is 0 Å². The molecule has 1 aliphatic carbocycles. The number of methoxy groups -OCH3 is 2. The summed E-state index contributed by atoms with van der Waals surface area (Å²) in [4.78, 5) is 10.7. The second kappa shape index (κ2) is 5.06. The highest BCUT2D eigenvalue weighted by atomic mass is 35.5. The first-order valence-electron chi connectivity index (χ1n) is 5.66. The van der Waals surface area contributed by atoms with Crippen molar-refractivity contribution in [1.82, 2.24) is 0 Å². The van der Waals surface area contributed by atoms with E-state index in [1.807, 2.05) is 0 Å². The van der Waals surface area contributed by atoms with Crippen LogP contribution in [-0.2, 0) is 6.42 Å². The second-order valence-electron chi connectivity index (χ2n) is 4.46. The van der Waals surface area contributed by atoms with E-state index in [1.165, 1.54) is 20.3 Å². The molecule has 1 unspecified atom stereocenters. The van der Waals surface area contributed by atoms with Gasteiger partial charge in [-0.1, -0.05) is 0 Å². The minimum absolute atomic E-state index is 0.00585. The highest BCUT2D eigenvalue weighted by Gasteiger charge is 2.51. The largest absolute Gasteiger partial charge is 0.493 e. The van der Waals surface area contributed by atoms with E-state index in [9.17, 15) is 10.1 Å². The monoisotopic (exact) mass is 305 g/mol. The lowest BCUT2D eigenvalue weighted by molar-refractivity contribution is -0.385. The van der Waals surface area contributed by atoms with Gasteiger partial charge >= 0.3 is 0 Å². The van der Waals surface area contributed by atoms with Crippen molar-refractivity contribution in [3.05, 3.63) is 27.8 Å². The van der Waals surface area contributed by atoms with Crippen LogP contribution in [-0.4, -0.2) is 23.5 Å². The first-order chi connectivity index (χ1) is 8.89. The zero-order valence-electron chi connectivity index (χ0n) is 10.5. The van der Waals surface area contributed by atoms with Gasteiger partial charge in [0.15, 0.2) is 11.5 Å². The van der Waals surface area contributed by atoms with Crippen molar-refractivity contribution >= 4 is 28.9 Å². The van der Waals surface area contributed by atoms with Crippen molar-refractivity contribution in [3.63, 3.8) is 0 Å². The Kier molecular flexibility index (Phi) is 3.78. The number of ether oxygens (including phenoxy) is 2. The van der Waals surface area contributed by atoms with E-state index in [2.05, 4.69) is 0 Å². The third kappa shape index (κ3) is 2.87. The summed E-state index contributed by atoms with van der Waals surface area (Å²) in [5, 5.41) is 11.1. The van der Waals surface area contributed by atoms with Gasteiger partial charge in [-0.3, -0.25) is 10.1 Å². The maximum absolute atomic E-state index is 11.1. The van der Waals surface area contributed by atoms with E-state index < -0.39 is 9.26 Å². The summed E-state index contributed by atoms with van der Waals surface area (Å²) in [6.07, 6.45) is 1.09. The van der Waals surface area contributed by atoms with Gasteiger partial charge in [0.25, 0.3) is 5.69 Å². The average molecular weight is 306 g/mol. The van der Waals surface area contributed by atoms with Crippen LogP contribution in [0.5, 0.6) is 11.5 Å². The summed E-state index contributed by atoms with van der Waals surface area (Å²) in [6, 6.07) is 2.97. The third-order valence-electron chi connectivity index (χ3n) is 3.20. The fraction of sp³-hybridized carbons (Fsp3) is 0.500. The highest BCUT2D eigenvalue weighted by molar-refractivity contribution is 6.50. The number of hydrogen-bond donors (Lipinski definition) is 0. The van der Waals surface area contributed by atoms with E-state index in [0.29, 0.717) is 29.9 Å². The average Bonchev–Trinajstić information content (AvgIpc) is 2.95. The predicted molar refractivity (Wildman–Crippen MR) is 72.4 cm³/mol. The van der Waals surface area contributed by atoms with Crippen LogP contribution in [0.15, 0.2) is 12.1 Å². The standard InChI is InChI=1S/C12H13Cl2NO4/c1-18-10-4-7(3-8-6-12(8,13)14)9(15(16)17)5-11(10)19-2/h4-5,8H,3,6H2,1-2H3. The van der Waals surface area contributed by atoms with Gasteiger partial charge in [-0.05, 0) is 24.8 Å². The Morgan fingerprint density at radius 3 is 2.32 bits per heavy atom. The van der Waals surface area contributed by atoms with E-state index in [4.69, 9.17) is 32.7 Å². The fourth-order valence-corrected chi connectivity index (χ4v) is 2.53. The molecule has 0 saturated heterocycles. The molecule has 0 aromatic heterocycles. The molecule has 0 bridgehead atoms. The van der Waals surface area contributed by atoms with Gasteiger partial charge in [0.05, 0.1) is 25.2 Å². The topological polar surface area (TPSA) is 61.6 Å². The van der Waals surface area contributed by atoms with Crippen molar-refractivity contribution < 1.29 is 14.4 Å². The number of benzene rings is 1. The summed E-state index contributed by atoms with van der Waals surface area (Å²) < 4.78 is 9.45. The fourth-order valence-electron chi connectivity index (χ4n) is 2.00. The van der Waals surface area contributed by atoms with Gasteiger partial charge in [0.1, 0.15) is 4.33 Å². The van der Waals surface area contributed by atoms with Gasteiger partial charge < -0.3 is 9.47 Å². The Hall–Kier alpha value is -1.20. The van der Waals surface area contributed by atoms with Crippen molar-refractivity contribution in [2.75, 3.05) is 14.2 Å². The zero-order chi connectivity index (χ0) is 14.2. The van der Waals surface area contributed by atoms with Crippen molar-refractivity contribution in [3.8, 4) is 11.5 Å². The van der Waals surface area contributed by atoms with Gasteiger partial charge in [0.2, 0.25) is 0 Å². The SMILES string of the molecule is COc1cc(CC2CC2(Cl)Cl)c([N+](=O)[O-])cc1OC. The lowest BCUT2D eigenvalue weighted by Gasteiger charge is -2.10. The summed E-state index contributed by atoms with van der Waals surface area (Å²) in [7, 11) is 2.92. The lowest BCUT2D eigenvalue weighted by atomic mass is 10.1. The molecule has 0 heterocycles. The Labute approximate surface area is 120 Å². The summed E-state index contributed by atoms with van der Waals surface area (Å²) in [5.41, 5.74) is 0.546. The van der Waals surface area contributed by atoms with Crippen molar-refractivity contribution in [2.24, 2.45) is 5.92 Å². The highest BCUT2D eigenvalue weighted by Crippen LogP contribution is 2.55. The molecular formula is C12H13Cl2NO4. The van der Waals surface area contributed by atoms with E-state index in [1.54, 1.807) is 6.07 Å². The Morgan fingerprint density at radius 2 is 1.89 bits per heavy atom. The molecule has 19 heavy (non-hydrogen) atoms. The molecule has 104 valence electrons. The lowest BCUT2D eigenvalue weighted by Crippen LogP contribution is -2.02. The number of nitrogens with zero attached hydrogens (tertiary/aromatic N) is 1. The molecule has 0 amide bonds. The van der Waals surface area contributed by atoms with Gasteiger partial charge in [-0.2, -0.15) is 0 Å². The smallest absolute Gasteiger partial charge is 0.276 e. The minimum atomic E-state index is -0.763. The molecule has 1 fully saturated rings. The molecule has 1 aromatic rings. The number of hydrogen-bond acceptors (Lipinski definition) is 4. The Bertz CT molecular complexity index is 519. The molecule has 1 atom stereocenters. The molecule has 1 aromatic carbocycles. The van der Waals surface area contributed by atoms with E-state index in [0.717, 1.165) is 0 Å². The third-order valence-corrected chi connectivity index (χ3v) is 4.13. The van der Waals surface area contributed by atoms with Crippen LogP contribution >= 0.6 is 23.2 Å². The molecule has 0 N–H and O–H groups in total. The first-order valence-corrected chi connectivity index (χ1v) is 6.41. The Balaban J connectivity index is 2.37. The van der Waals surface area contributed by atoms with Gasteiger partial charge in [0, 0.05) is 5.56 Å². The van der Waals surface area contributed by atoms with Crippen LogP contribution in [0, 0.1) is 16.0 Å². The molecule has 0 spiro atoms. The molecule has 0 radical (unpaired) electrons. The van der Waals surface area contributed by atoms with Crippen LogP contribution in [0.4, 0.5) is 5.69 Å². The minimum Gasteiger partial charge on any atom is -0.493 e. The number of rotatable bonds is 5. The molecule has 1 saturated carbocycles. The van der Waals surface area contributed by atoms with Crippen molar-refractivity contribution in [2.45, 2.75) is 17.2 Å². The predicted octanol–water partition coefficient (Wildman–Crippen LogP) is 3.35. The summed E-state index contributed by atoms with van der Waals surface area (Å²) in [6.45, 7) is 0.